The van der Waals surface area contributed by atoms with Crippen molar-refractivity contribution in [3.8, 4) is 0 Å². The quantitative estimate of drug-likeness (QED) is 0.879. The van der Waals surface area contributed by atoms with E-state index < -0.39 is 0 Å². The zero-order chi connectivity index (χ0) is 17.6. The van der Waals surface area contributed by atoms with Gasteiger partial charge in [-0.2, -0.15) is 0 Å². The minimum atomic E-state index is -0.0666. The summed E-state index contributed by atoms with van der Waals surface area (Å²) < 4.78 is 0. The number of amides is 2. The lowest BCUT2D eigenvalue weighted by Crippen LogP contribution is -2.44. The number of hydrogen-bond donors (Lipinski definition) is 1. The smallest absolute Gasteiger partial charge is 0.272 e. The maximum atomic E-state index is 12.4. The molecule has 0 aromatic carbocycles. The third kappa shape index (κ3) is 4.35. The fourth-order valence-electron chi connectivity index (χ4n) is 3.16. The van der Waals surface area contributed by atoms with Crippen LogP contribution in [0, 0.1) is 5.92 Å². The Morgan fingerprint density at radius 3 is 2.76 bits per heavy atom. The number of pyridine rings is 1. The molecule has 134 valence electrons. The molecule has 7 nitrogen and oxygen atoms in total. The van der Waals surface area contributed by atoms with Gasteiger partial charge in [0.1, 0.15) is 11.8 Å². The number of carbonyl (C=O) groups excluding carboxylic acids is 2. The Kier molecular flexibility index (Phi) is 5.63. The third-order valence-electron chi connectivity index (χ3n) is 4.74. The molecule has 7 heteroatoms. The van der Waals surface area contributed by atoms with Gasteiger partial charge >= 0.3 is 0 Å². The van der Waals surface area contributed by atoms with E-state index in [-0.39, 0.29) is 23.8 Å². The molecule has 1 atom stereocenters. The van der Waals surface area contributed by atoms with Crippen LogP contribution in [0.1, 0.15) is 43.1 Å². The van der Waals surface area contributed by atoms with Crippen LogP contribution in [-0.4, -0.2) is 53.1 Å². The van der Waals surface area contributed by atoms with Crippen molar-refractivity contribution >= 4 is 17.5 Å². The average molecular weight is 344 g/mol. The molecule has 2 amide bonds. The van der Waals surface area contributed by atoms with Crippen molar-refractivity contribution in [1.29, 1.82) is 0 Å². The average Bonchev–Trinajstić information content (AvgIpc) is 3.14. The second-order valence-electron chi connectivity index (χ2n) is 6.47. The number of hydrogen-bond acceptors (Lipinski definition) is 5. The van der Waals surface area contributed by atoms with Gasteiger partial charge in [0.2, 0.25) is 5.91 Å². The van der Waals surface area contributed by atoms with Crippen molar-refractivity contribution in [2.45, 2.75) is 38.7 Å². The Labute approximate surface area is 147 Å². The second kappa shape index (κ2) is 8.09. The van der Waals surface area contributed by atoms with Gasteiger partial charge in [-0.05, 0) is 31.4 Å². The van der Waals surface area contributed by atoms with Gasteiger partial charge in [0.05, 0.1) is 12.3 Å². The van der Waals surface area contributed by atoms with Crippen LogP contribution < -0.4 is 5.32 Å². The van der Waals surface area contributed by atoms with E-state index in [9.17, 15) is 9.59 Å². The summed E-state index contributed by atoms with van der Waals surface area (Å²) in [6.07, 6.45) is 4.58. The molecule has 0 saturated carbocycles. The van der Waals surface area contributed by atoms with E-state index in [0.29, 0.717) is 38.2 Å². The van der Waals surface area contributed by atoms with Crippen molar-refractivity contribution in [3.63, 3.8) is 0 Å². The molecule has 1 saturated heterocycles. The molecule has 1 aromatic rings. The predicted octanol–water partition coefficient (Wildman–Crippen LogP) is 1.60. The van der Waals surface area contributed by atoms with Crippen molar-refractivity contribution in [3.05, 3.63) is 30.1 Å². The molecule has 0 bridgehead atoms. The summed E-state index contributed by atoms with van der Waals surface area (Å²) in [5.74, 6) is -0.0812. The number of nitrogens with zero attached hydrogens (tertiary/aromatic N) is 3. The highest BCUT2D eigenvalue weighted by atomic mass is 16.6. The molecule has 0 aliphatic carbocycles. The highest BCUT2D eigenvalue weighted by Crippen LogP contribution is 2.19. The number of piperidine rings is 1. The Hall–Kier alpha value is -2.44. The number of aromatic nitrogens is 1. The molecule has 0 radical (unpaired) electrons. The topological polar surface area (TPSA) is 83.9 Å². The first-order valence-corrected chi connectivity index (χ1v) is 8.87. The zero-order valence-electron chi connectivity index (χ0n) is 14.5. The molecule has 1 N–H and O–H groups in total. The van der Waals surface area contributed by atoms with E-state index in [1.165, 1.54) is 0 Å². The van der Waals surface area contributed by atoms with Gasteiger partial charge in [0.25, 0.3) is 5.91 Å². The summed E-state index contributed by atoms with van der Waals surface area (Å²) in [6, 6.07) is 5.31. The molecule has 1 aromatic heterocycles. The van der Waals surface area contributed by atoms with Crippen molar-refractivity contribution in [1.82, 2.24) is 15.2 Å². The summed E-state index contributed by atoms with van der Waals surface area (Å²) in [4.78, 5) is 35.9. The van der Waals surface area contributed by atoms with Crippen LogP contribution in [-0.2, 0) is 9.63 Å². The number of rotatable bonds is 5. The largest absolute Gasteiger partial charge is 0.390 e. The fourth-order valence-corrected chi connectivity index (χ4v) is 3.16. The standard InChI is InChI=1S/C18H24N4O3/c1-2-14-11-15(25-21-14)12-20-17(23)13-6-9-22(10-7-13)18(24)16-5-3-4-8-19-16/h3-5,8,13,15H,2,6-7,9-12H2,1H3,(H,20,23). The van der Waals surface area contributed by atoms with E-state index >= 15 is 0 Å². The van der Waals surface area contributed by atoms with Crippen LogP contribution in [0.2, 0.25) is 0 Å². The number of likely N-dealkylation sites (tertiary alicyclic amines) is 1. The van der Waals surface area contributed by atoms with E-state index in [1.807, 2.05) is 6.92 Å². The summed E-state index contributed by atoms with van der Waals surface area (Å²) >= 11 is 0. The molecule has 1 fully saturated rings. The number of oxime groups is 1. The highest BCUT2D eigenvalue weighted by Gasteiger charge is 2.29. The van der Waals surface area contributed by atoms with E-state index in [1.54, 1.807) is 29.3 Å². The lowest BCUT2D eigenvalue weighted by atomic mass is 9.95. The van der Waals surface area contributed by atoms with Gasteiger partial charge in [-0.1, -0.05) is 18.1 Å². The van der Waals surface area contributed by atoms with E-state index in [0.717, 1.165) is 18.6 Å². The van der Waals surface area contributed by atoms with Gasteiger partial charge < -0.3 is 15.1 Å². The summed E-state index contributed by atoms with van der Waals surface area (Å²) in [7, 11) is 0. The Morgan fingerprint density at radius 2 is 2.12 bits per heavy atom. The maximum absolute atomic E-state index is 12.4. The van der Waals surface area contributed by atoms with Gasteiger partial charge in [-0.15, -0.1) is 0 Å². The number of carbonyl (C=O) groups is 2. The van der Waals surface area contributed by atoms with E-state index in [2.05, 4.69) is 15.5 Å². The Bertz CT molecular complexity index is 639. The SMILES string of the molecule is CCC1=NOC(CNC(=O)C2CCN(C(=O)c3ccccn3)CC2)C1. The molecular formula is C18H24N4O3. The first-order chi connectivity index (χ1) is 12.2. The van der Waals surface area contributed by atoms with Gasteiger partial charge in [-0.25, -0.2) is 0 Å². The molecule has 2 aliphatic heterocycles. The van der Waals surface area contributed by atoms with Crippen molar-refractivity contribution in [2.75, 3.05) is 19.6 Å². The van der Waals surface area contributed by atoms with Gasteiger partial charge in [-0.3, -0.25) is 14.6 Å². The third-order valence-corrected chi connectivity index (χ3v) is 4.74. The molecule has 0 spiro atoms. The van der Waals surface area contributed by atoms with Crippen LogP contribution in [0.25, 0.3) is 0 Å². The van der Waals surface area contributed by atoms with Crippen molar-refractivity contribution < 1.29 is 14.4 Å². The maximum Gasteiger partial charge on any atom is 0.272 e. The second-order valence-corrected chi connectivity index (χ2v) is 6.47. The van der Waals surface area contributed by atoms with Crippen LogP contribution >= 0.6 is 0 Å². The molecule has 1 unspecified atom stereocenters. The molecule has 3 heterocycles. The Balaban J connectivity index is 1.41. The summed E-state index contributed by atoms with van der Waals surface area (Å²) in [5, 5.41) is 6.96. The number of nitrogens with one attached hydrogen (secondary N) is 1. The predicted molar refractivity (Wildman–Crippen MR) is 93.1 cm³/mol. The van der Waals surface area contributed by atoms with Crippen LogP contribution in [0.5, 0.6) is 0 Å². The first kappa shape index (κ1) is 17.4. The van der Waals surface area contributed by atoms with E-state index in [4.69, 9.17) is 4.84 Å². The van der Waals surface area contributed by atoms with Gasteiger partial charge in [0.15, 0.2) is 0 Å². The minimum Gasteiger partial charge on any atom is -0.390 e. The molecule has 2 aliphatic rings. The van der Waals surface area contributed by atoms with Gasteiger partial charge in [0, 0.05) is 31.6 Å². The first-order valence-electron chi connectivity index (χ1n) is 8.87. The molecular weight excluding hydrogens is 320 g/mol. The lowest BCUT2D eigenvalue weighted by Gasteiger charge is -2.31. The van der Waals surface area contributed by atoms with Crippen molar-refractivity contribution in [2.24, 2.45) is 11.1 Å². The molecule has 25 heavy (non-hydrogen) atoms. The zero-order valence-corrected chi connectivity index (χ0v) is 14.5. The van der Waals surface area contributed by atoms with Crippen LogP contribution in [0.15, 0.2) is 29.6 Å². The summed E-state index contributed by atoms with van der Waals surface area (Å²) in [6.45, 7) is 3.69. The van der Waals surface area contributed by atoms with Crippen LogP contribution in [0.4, 0.5) is 0 Å². The lowest BCUT2D eigenvalue weighted by molar-refractivity contribution is -0.126. The van der Waals surface area contributed by atoms with Crippen LogP contribution in [0.3, 0.4) is 0 Å². The normalized spacial score (nSPS) is 20.8. The summed E-state index contributed by atoms with van der Waals surface area (Å²) in [5.41, 5.74) is 1.50. The fraction of sp³-hybridized carbons (Fsp3) is 0.556. The highest BCUT2D eigenvalue weighted by molar-refractivity contribution is 5.92. The Morgan fingerprint density at radius 1 is 1.32 bits per heavy atom. The minimum absolute atomic E-state index is 0.0403. The monoisotopic (exact) mass is 344 g/mol. The molecule has 3 rings (SSSR count).